The molecule has 1 aliphatic heterocycles. The summed E-state index contributed by atoms with van der Waals surface area (Å²) in [5.41, 5.74) is 2.94. The fraction of sp³-hybridized carbons (Fsp3) is 0.382. The van der Waals surface area contributed by atoms with Gasteiger partial charge in [0.05, 0.1) is 24.8 Å². The molecule has 4 atom stereocenters. The highest BCUT2D eigenvalue weighted by molar-refractivity contribution is 7.88. The summed E-state index contributed by atoms with van der Waals surface area (Å²) in [6.45, 7) is 2.79. The summed E-state index contributed by atoms with van der Waals surface area (Å²) in [4.78, 5) is 47.5. The Labute approximate surface area is 289 Å². The number of benzene rings is 3. The average Bonchev–Trinajstić information content (AvgIpc) is 3.01. The van der Waals surface area contributed by atoms with Crippen LogP contribution in [0.2, 0.25) is 10.0 Å². The molecule has 0 spiro atoms. The monoisotopic (exact) mass is 717 g/mol. The molecule has 2 amide bonds. The third-order valence-corrected chi connectivity index (χ3v) is 9.88. The first kappa shape index (κ1) is 35.6. The number of carboxylic acid groups (broad SMARTS) is 1. The molecule has 3 aromatic rings. The van der Waals surface area contributed by atoms with Gasteiger partial charge in [-0.1, -0.05) is 72.4 Å². The van der Waals surface area contributed by atoms with Gasteiger partial charge in [-0.05, 0) is 73.7 Å². The number of carboxylic acids is 1. The number of hydrogen-bond acceptors (Lipinski definition) is 7. The Morgan fingerprint density at radius 1 is 1.00 bits per heavy atom. The fourth-order valence-corrected chi connectivity index (χ4v) is 7.76. The fourth-order valence-electron chi connectivity index (χ4n) is 6.42. The zero-order chi connectivity index (χ0) is 34.8. The van der Waals surface area contributed by atoms with Gasteiger partial charge in [-0.2, -0.15) is 0 Å². The Morgan fingerprint density at radius 3 is 2.44 bits per heavy atom. The van der Waals surface area contributed by atoms with E-state index in [0.29, 0.717) is 45.9 Å². The number of rotatable bonds is 11. The summed E-state index contributed by atoms with van der Waals surface area (Å²) in [7, 11) is -3.62. The molecule has 14 heteroatoms. The summed E-state index contributed by atoms with van der Waals surface area (Å²) in [5.74, 6) is -2.73. The van der Waals surface area contributed by atoms with Gasteiger partial charge in [0.1, 0.15) is 5.75 Å². The summed E-state index contributed by atoms with van der Waals surface area (Å²) in [5, 5.41) is 10.0. The van der Waals surface area contributed by atoms with Crippen molar-refractivity contribution in [2.24, 2.45) is 0 Å². The van der Waals surface area contributed by atoms with E-state index in [4.69, 9.17) is 32.8 Å². The summed E-state index contributed by atoms with van der Waals surface area (Å²) in [6, 6.07) is 16.2. The quantitative estimate of drug-likeness (QED) is 0.216. The van der Waals surface area contributed by atoms with Gasteiger partial charge in [0, 0.05) is 27.7 Å². The van der Waals surface area contributed by atoms with E-state index in [1.165, 1.54) is 13.8 Å². The first-order chi connectivity index (χ1) is 22.7. The van der Waals surface area contributed by atoms with Gasteiger partial charge in [-0.15, -0.1) is 0 Å². The molecule has 1 fully saturated rings. The minimum atomic E-state index is -3.62. The van der Waals surface area contributed by atoms with Crippen molar-refractivity contribution in [3.05, 3.63) is 99.0 Å². The van der Waals surface area contributed by atoms with E-state index < -0.39 is 51.5 Å². The minimum Gasteiger partial charge on any atom is -0.478 e. The maximum atomic E-state index is 14.4. The summed E-state index contributed by atoms with van der Waals surface area (Å²) in [6.07, 6.45) is 3.63. The minimum absolute atomic E-state index is 0.0806. The number of halogens is 2. The number of carbonyl (C=O) groups is 3. The number of hydroxylamine groups is 1. The lowest BCUT2D eigenvalue weighted by atomic mass is 9.76. The van der Waals surface area contributed by atoms with E-state index in [-0.39, 0.29) is 17.5 Å². The van der Waals surface area contributed by atoms with Gasteiger partial charge in [-0.3, -0.25) is 14.4 Å². The number of nitrogens with zero attached hydrogens (tertiary/aromatic N) is 1. The lowest BCUT2D eigenvalue weighted by Gasteiger charge is -2.49. The van der Waals surface area contributed by atoms with Crippen LogP contribution in [0.15, 0.2) is 66.7 Å². The van der Waals surface area contributed by atoms with Crippen molar-refractivity contribution in [2.45, 2.75) is 75.8 Å². The zero-order valence-electron chi connectivity index (χ0n) is 26.6. The Bertz CT molecular complexity index is 1820. The molecule has 5 rings (SSSR count). The van der Waals surface area contributed by atoms with Gasteiger partial charge in [0.25, 0.3) is 11.8 Å². The predicted molar refractivity (Wildman–Crippen MR) is 180 cm³/mol. The molecule has 0 radical (unpaired) electrons. The summed E-state index contributed by atoms with van der Waals surface area (Å²) < 4.78 is 33.2. The Balaban J connectivity index is 1.50. The third-order valence-electron chi connectivity index (χ3n) is 8.59. The van der Waals surface area contributed by atoms with Crippen LogP contribution in [-0.4, -0.2) is 60.1 Å². The highest BCUT2D eigenvalue weighted by Gasteiger charge is 2.49. The van der Waals surface area contributed by atoms with Crippen molar-refractivity contribution in [1.82, 2.24) is 15.1 Å². The van der Waals surface area contributed by atoms with Gasteiger partial charge in [0.15, 0.2) is 5.60 Å². The van der Waals surface area contributed by atoms with Crippen LogP contribution < -0.4 is 14.9 Å². The van der Waals surface area contributed by atoms with Gasteiger partial charge < -0.3 is 14.7 Å². The lowest BCUT2D eigenvalue weighted by Crippen LogP contribution is -2.59. The van der Waals surface area contributed by atoms with Crippen molar-refractivity contribution in [2.75, 3.05) is 6.26 Å². The highest BCUT2D eigenvalue weighted by atomic mass is 35.5. The van der Waals surface area contributed by atoms with E-state index in [0.717, 1.165) is 19.1 Å². The molecule has 1 saturated carbocycles. The van der Waals surface area contributed by atoms with Gasteiger partial charge >= 0.3 is 5.97 Å². The van der Waals surface area contributed by atoms with E-state index in [9.17, 15) is 27.9 Å². The number of ether oxygens (including phenoxy) is 1. The highest BCUT2D eigenvalue weighted by Crippen LogP contribution is 2.48. The Kier molecular flexibility index (Phi) is 10.7. The first-order valence-electron chi connectivity index (χ1n) is 15.4. The lowest BCUT2D eigenvalue weighted by molar-refractivity contribution is -0.152. The van der Waals surface area contributed by atoms with Crippen LogP contribution >= 0.6 is 23.2 Å². The van der Waals surface area contributed by atoms with Crippen molar-refractivity contribution >= 4 is 51.0 Å². The van der Waals surface area contributed by atoms with Crippen LogP contribution in [0.5, 0.6) is 5.75 Å². The molecular weight excluding hydrogens is 681 g/mol. The van der Waals surface area contributed by atoms with Crippen molar-refractivity contribution in [1.29, 1.82) is 0 Å². The molecule has 256 valence electrons. The molecular formula is C34H37Cl2N3O8S. The van der Waals surface area contributed by atoms with E-state index >= 15 is 0 Å². The van der Waals surface area contributed by atoms with Gasteiger partial charge in [0.2, 0.25) is 10.0 Å². The second kappa shape index (κ2) is 14.4. The number of sulfonamides is 1. The van der Waals surface area contributed by atoms with Gasteiger partial charge in [-0.25, -0.2) is 23.4 Å². The molecule has 48 heavy (non-hydrogen) atoms. The van der Waals surface area contributed by atoms with E-state index in [1.54, 1.807) is 71.6 Å². The molecule has 11 nitrogen and oxygen atoms in total. The number of amides is 2. The second-order valence-electron chi connectivity index (χ2n) is 12.6. The maximum Gasteiger partial charge on any atom is 0.347 e. The number of hydrogen-bond donors (Lipinski definition) is 3. The smallest absolute Gasteiger partial charge is 0.347 e. The summed E-state index contributed by atoms with van der Waals surface area (Å²) >= 11 is 13.0. The molecule has 0 saturated heterocycles. The molecule has 0 aromatic heterocycles. The second-order valence-corrected chi connectivity index (χ2v) is 15.2. The van der Waals surface area contributed by atoms with Crippen LogP contribution in [-0.2, 0) is 31.1 Å². The van der Waals surface area contributed by atoms with Crippen molar-refractivity contribution < 1.29 is 37.5 Å². The maximum absolute atomic E-state index is 14.4. The predicted octanol–water partition coefficient (Wildman–Crippen LogP) is 5.62. The molecule has 2 aliphatic rings. The van der Waals surface area contributed by atoms with Crippen LogP contribution in [0.4, 0.5) is 0 Å². The van der Waals surface area contributed by atoms with Crippen molar-refractivity contribution in [3.8, 4) is 5.75 Å². The zero-order valence-corrected chi connectivity index (χ0v) is 28.9. The number of carbonyl (C=O) groups excluding carboxylic acids is 2. The SMILES string of the molecule is CC(C)(Oc1cccc(CONC(=O)[C@@H]2c3ccccc3C(=O)N([C@H]3CCCC[C@@H]3NS(C)(=O)=O)[C@H]2c2ccc(Cl)cc2Cl)c1)C(=O)O. The molecule has 1 heterocycles. The number of fused-ring (bicyclic) bond motifs is 1. The van der Waals surface area contributed by atoms with E-state index in [1.807, 2.05) is 0 Å². The van der Waals surface area contributed by atoms with Crippen molar-refractivity contribution in [3.63, 3.8) is 0 Å². The normalized spacial score (nSPS) is 21.4. The molecule has 0 bridgehead atoms. The van der Waals surface area contributed by atoms with E-state index in [2.05, 4.69) is 10.2 Å². The topological polar surface area (TPSA) is 151 Å². The third kappa shape index (κ3) is 7.95. The Morgan fingerprint density at radius 2 is 1.73 bits per heavy atom. The van der Waals surface area contributed by atoms with Crippen LogP contribution in [0.1, 0.15) is 78.5 Å². The first-order valence-corrected chi connectivity index (χ1v) is 18.1. The van der Waals surface area contributed by atoms with Crippen LogP contribution in [0.3, 0.4) is 0 Å². The molecule has 1 aliphatic carbocycles. The molecule has 0 unspecified atom stereocenters. The van der Waals surface area contributed by atoms with Crippen LogP contribution in [0.25, 0.3) is 0 Å². The average molecular weight is 719 g/mol. The molecule has 3 aromatic carbocycles. The standard InChI is InChI=1S/C34H37Cl2N3O8S/c1-34(2,33(42)43)47-22-10-8-9-20(17-22)19-46-37-31(40)29-23-11-4-5-12-24(23)32(41)39(30(29)25-16-15-21(35)18-26(25)36)28-14-7-6-13-27(28)38-48(3,44)45/h4-5,8-12,15-18,27-30,38H,6-7,13-14,19H2,1-3H3,(H,37,40)(H,42,43)/t27-,28-,29+,30-/m0/s1. The van der Waals surface area contributed by atoms with Crippen LogP contribution in [0, 0.1) is 0 Å². The molecule has 3 N–H and O–H groups in total. The Hall–Kier alpha value is -3.68. The largest absolute Gasteiger partial charge is 0.478 e. The number of aliphatic carboxylic acids is 1. The number of nitrogens with one attached hydrogen (secondary N) is 2.